The molecular weight excluding hydrogens is 304 g/mol. The van der Waals surface area contributed by atoms with Crippen molar-refractivity contribution in [1.82, 2.24) is 4.98 Å². The van der Waals surface area contributed by atoms with Gasteiger partial charge in [0, 0.05) is 4.88 Å². The summed E-state index contributed by atoms with van der Waals surface area (Å²) >= 11 is 2.94. The Kier molecular flexibility index (Phi) is 3.65. The number of benzene rings is 1. The number of anilines is 1. The molecule has 108 valence electrons. The number of aromatic nitrogens is 1. The van der Waals surface area contributed by atoms with Crippen molar-refractivity contribution in [2.45, 2.75) is 13.8 Å². The first-order valence-electron chi connectivity index (χ1n) is 6.40. The van der Waals surface area contributed by atoms with Gasteiger partial charge >= 0.3 is 0 Å². The highest BCUT2D eigenvalue weighted by Crippen LogP contribution is 2.30. The molecule has 0 bridgehead atoms. The number of rotatable bonds is 3. The van der Waals surface area contributed by atoms with Crippen LogP contribution < -0.4 is 10.1 Å². The molecule has 3 aromatic rings. The topological polar surface area (TPSA) is 51.2 Å². The van der Waals surface area contributed by atoms with Crippen LogP contribution in [0.15, 0.2) is 24.3 Å². The Labute approximate surface area is 130 Å². The van der Waals surface area contributed by atoms with E-state index < -0.39 is 0 Å². The molecule has 2 aromatic heterocycles. The van der Waals surface area contributed by atoms with Crippen LogP contribution in [0, 0.1) is 13.8 Å². The number of aryl methyl sites for hydroxylation is 2. The van der Waals surface area contributed by atoms with Gasteiger partial charge in [0.15, 0.2) is 5.13 Å². The van der Waals surface area contributed by atoms with Gasteiger partial charge in [0.05, 0.1) is 22.2 Å². The van der Waals surface area contributed by atoms with Gasteiger partial charge in [-0.2, -0.15) is 0 Å². The quantitative estimate of drug-likeness (QED) is 0.786. The highest BCUT2D eigenvalue weighted by atomic mass is 32.1. The van der Waals surface area contributed by atoms with Crippen LogP contribution in [0.1, 0.15) is 20.1 Å². The molecule has 0 saturated carbocycles. The summed E-state index contributed by atoms with van der Waals surface area (Å²) in [5.74, 6) is 0.677. The maximum absolute atomic E-state index is 12.2. The van der Waals surface area contributed by atoms with E-state index in [1.54, 1.807) is 7.11 Å². The normalized spacial score (nSPS) is 10.8. The molecule has 0 atom stereocenters. The number of hydrogen-bond acceptors (Lipinski definition) is 5. The van der Waals surface area contributed by atoms with Gasteiger partial charge in [0.1, 0.15) is 5.75 Å². The van der Waals surface area contributed by atoms with Crippen molar-refractivity contribution in [3.05, 3.63) is 39.6 Å². The largest absolute Gasteiger partial charge is 0.497 e. The summed E-state index contributed by atoms with van der Waals surface area (Å²) in [5.41, 5.74) is 1.99. The van der Waals surface area contributed by atoms with Crippen LogP contribution in [0.4, 0.5) is 5.13 Å². The summed E-state index contributed by atoms with van der Waals surface area (Å²) in [6.07, 6.45) is 0. The third kappa shape index (κ3) is 2.77. The molecule has 3 rings (SSSR count). The Hall–Kier alpha value is -1.92. The van der Waals surface area contributed by atoms with Gasteiger partial charge in [0.2, 0.25) is 0 Å². The molecule has 2 heterocycles. The first kappa shape index (κ1) is 14.0. The number of nitrogens with one attached hydrogen (secondary N) is 1. The van der Waals surface area contributed by atoms with Crippen molar-refractivity contribution >= 4 is 43.9 Å². The van der Waals surface area contributed by atoms with Gasteiger partial charge < -0.3 is 4.74 Å². The monoisotopic (exact) mass is 318 g/mol. The number of carbonyl (C=O) groups is 1. The van der Waals surface area contributed by atoms with Crippen LogP contribution in [-0.4, -0.2) is 18.0 Å². The summed E-state index contributed by atoms with van der Waals surface area (Å²) in [5, 5.41) is 3.47. The van der Waals surface area contributed by atoms with Crippen LogP contribution in [0.25, 0.3) is 10.2 Å². The molecule has 0 saturated heterocycles. The maximum Gasteiger partial charge on any atom is 0.267 e. The number of nitrogens with zero attached hydrogens (tertiary/aromatic N) is 1. The predicted molar refractivity (Wildman–Crippen MR) is 87.9 cm³/mol. The van der Waals surface area contributed by atoms with Gasteiger partial charge in [-0.05, 0) is 43.7 Å². The summed E-state index contributed by atoms with van der Waals surface area (Å²) in [6, 6.07) is 7.58. The van der Waals surface area contributed by atoms with Gasteiger partial charge in [-0.25, -0.2) is 4.98 Å². The summed E-state index contributed by atoms with van der Waals surface area (Å²) in [6.45, 7) is 4.02. The zero-order chi connectivity index (χ0) is 15.0. The Bertz CT molecular complexity index is 801. The average molecular weight is 318 g/mol. The minimum Gasteiger partial charge on any atom is -0.497 e. The molecule has 0 radical (unpaired) electrons. The van der Waals surface area contributed by atoms with Crippen LogP contribution >= 0.6 is 22.7 Å². The van der Waals surface area contributed by atoms with E-state index in [4.69, 9.17) is 4.74 Å². The molecule has 0 fully saturated rings. The molecule has 0 aliphatic carbocycles. The third-order valence-electron chi connectivity index (χ3n) is 3.21. The summed E-state index contributed by atoms with van der Waals surface area (Å²) < 4.78 is 6.18. The standard InChI is InChI=1S/C15H14N2O2S2/c1-8-6-13(20-9(8)2)14(18)17-15-16-11-5-4-10(19-3)7-12(11)21-15/h4-7H,1-3H3,(H,16,17,18). The first-order valence-corrected chi connectivity index (χ1v) is 8.03. The zero-order valence-electron chi connectivity index (χ0n) is 11.9. The number of thiophene rings is 1. The Morgan fingerprint density at radius 1 is 1.24 bits per heavy atom. The van der Waals surface area contributed by atoms with Crippen molar-refractivity contribution in [1.29, 1.82) is 0 Å². The van der Waals surface area contributed by atoms with Gasteiger partial charge in [-0.1, -0.05) is 11.3 Å². The third-order valence-corrected chi connectivity index (χ3v) is 5.29. The number of methoxy groups -OCH3 is 1. The zero-order valence-corrected chi connectivity index (χ0v) is 13.5. The highest BCUT2D eigenvalue weighted by Gasteiger charge is 2.13. The van der Waals surface area contributed by atoms with Gasteiger partial charge in [0.25, 0.3) is 5.91 Å². The number of hydrogen-bond donors (Lipinski definition) is 1. The van der Waals surface area contributed by atoms with Crippen LogP contribution in [0.5, 0.6) is 5.75 Å². The van der Waals surface area contributed by atoms with Crippen molar-refractivity contribution < 1.29 is 9.53 Å². The van der Waals surface area contributed by atoms with E-state index in [-0.39, 0.29) is 5.91 Å². The van der Waals surface area contributed by atoms with E-state index in [1.807, 2.05) is 38.1 Å². The van der Waals surface area contributed by atoms with Gasteiger partial charge in [-0.15, -0.1) is 11.3 Å². The van der Waals surface area contributed by atoms with Crippen LogP contribution in [0.2, 0.25) is 0 Å². The predicted octanol–water partition coefficient (Wildman–Crippen LogP) is 4.24. The number of fused-ring (bicyclic) bond motifs is 1. The minimum absolute atomic E-state index is 0.109. The molecular formula is C15H14N2O2S2. The maximum atomic E-state index is 12.2. The molecule has 0 spiro atoms. The van der Waals surface area contributed by atoms with E-state index in [0.29, 0.717) is 10.0 Å². The van der Waals surface area contributed by atoms with Crippen molar-refractivity contribution in [2.24, 2.45) is 0 Å². The van der Waals surface area contributed by atoms with Crippen LogP contribution in [0.3, 0.4) is 0 Å². The fraction of sp³-hybridized carbons (Fsp3) is 0.200. The molecule has 6 heteroatoms. The lowest BCUT2D eigenvalue weighted by atomic mass is 10.3. The van der Waals surface area contributed by atoms with E-state index in [1.165, 1.54) is 22.7 Å². The molecule has 4 nitrogen and oxygen atoms in total. The molecule has 1 amide bonds. The molecule has 0 aliphatic heterocycles. The molecule has 1 aromatic carbocycles. The number of amides is 1. The van der Waals surface area contributed by atoms with E-state index >= 15 is 0 Å². The Morgan fingerprint density at radius 2 is 2.05 bits per heavy atom. The van der Waals surface area contributed by atoms with E-state index in [2.05, 4.69) is 10.3 Å². The van der Waals surface area contributed by atoms with Crippen molar-refractivity contribution in [3.8, 4) is 5.75 Å². The lowest BCUT2D eigenvalue weighted by Crippen LogP contribution is -2.09. The number of ether oxygens (including phenoxy) is 1. The van der Waals surface area contributed by atoms with Crippen molar-refractivity contribution in [2.75, 3.05) is 12.4 Å². The van der Waals surface area contributed by atoms with E-state index in [9.17, 15) is 4.79 Å². The van der Waals surface area contributed by atoms with Crippen molar-refractivity contribution in [3.63, 3.8) is 0 Å². The number of carbonyl (C=O) groups excluding carboxylic acids is 1. The average Bonchev–Trinajstić information content (AvgIpc) is 3.01. The highest BCUT2D eigenvalue weighted by molar-refractivity contribution is 7.22. The molecule has 0 unspecified atom stereocenters. The van der Waals surface area contributed by atoms with Crippen LogP contribution in [-0.2, 0) is 0 Å². The Balaban J connectivity index is 1.85. The molecule has 0 aliphatic rings. The summed E-state index contributed by atoms with van der Waals surface area (Å²) in [4.78, 5) is 18.5. The van der Waals surface area contributed by atoms with Gasteiger partial charge in [-0.3, -0.25) is 10.1 Å². The fourth-order valence-electron chi connectivity index (χ4n) is 1.93. The second-order valence-electron chi connectivity index (χ2n) is 4.66. The second kappa shape index (κ2) is 5.46. The molecule has 21 heavy (non-hydrogen) atoms. The minimum atomic E-state index is -0.109. The lowest BCUT2D eigenvalue weighted by molar-refractivity contribution is 0.103. The first-order chi connectivity index (χ1) is 10.1. The SMILES string of the molecule is COc1ccc2nc(NC(=O)c3cc(C)c(C)s3)sc2c1. The lowest BCUT2D eigenvalue weighted by Gasteiger charge is -1.97. The number of thiazole rings is 1. The summed E-state index contributed by atoms with van der Waals surface area (Å²) in [7, 11) is 1.63. The fourth-order valence-corrected chi connectivity index (χ4v) is 3.75. The second-order valence-corrected chi connectivity index (χ2v) is 6.94. The smallest absolute Gasteiger partial charge is 0.267 e. The Morgan fingerprint density at radius 3 is 2.71 bits per heavy atom. The molecule has 1 N–H and O–H groups in total. The van der Waals surface area contributed by atoms with E-state index in [0.717, 1.165) is 26.4 Å².